The summed E-state index contributed by atoms with van der Waals surface area (Å²) < 4.78 is 28.6. The maximum atomic E-state index is 12.2. The molecule has 0 saturated carbocycles. The second kappa shape index (κ2) is 6.96. The smallest absolute Gasteiger partial charge is 0.322 e. The maximum absolute atomic E-state index is 12.2. The molecule has 11 heteroatoms. The van der Waals surface area contributed by atoms with Gasteiger partial charge in [0.05, 0.1) is 9.82 Å². The van der Waals surface area contributed by atoms with Crippen LogP contribution >= 0.6 is 0 Å². The zero-order valence-electron chi connectivity index (χ0n) is 13.8. The Morgan fingerprint density at radius 2 is 1.89 bits per heavy atom. The zero-order chi connectivity index (χ0) is 19.6. The lowest BCUT2D eigenvalue weighted by Gasteiger charge is -2.01. The predicted octanol–water partition coefficient (Wildman–Crippen LogP) is 2.30. The van der Waals surface area contributed by atoms with Crippen molar-refractivity contribution >= 4 is 27.4 Å². The summed E-state index contributed by atoms with van der Waals surface area (Å²) in [7, 11) is -3.41. The first-order valence-corrected chi connectivity index (χ1v) is 9.33. The Balaban J connectivity index is 1.82. The number of nitro benzene ring substituents is 1. The molecule has 3 rings (SSSR count). The van der Waals surface area contributed by atoms with Crippen LogP contribution in [-0.4, -0.2) is 35.7 Å². The topological polar surface area (TPSA) is 145 Å². The third kappa shape index (κ3) is 4.15. The highest BCUT2D eigenvalue weighted by Gasteiger charge is 2.16. The number of hydrogen-bond acceptors (Lipinski definition) is 8. The van der Waals surface area contributed by atoms with E-state index in [2.05, 4.69) is 15.5 Å². The minimum Gasteiger partial charge on any atom is -0.403 e. The number of benzene rings is 2. The van der Waals surface area contributed by atoms with E-state index < -0.39 is 20.7 Å². The number of amides is 1. The van der Waals surface area contributed by atoms with Crippen molar-refractivity contribution in [1.82, 2.24) is 10.2 Å². The number of rotatable bonds is 5. The number of aromatic nitrogens is 2. The summed E-state index contributed by atoms with van der Waals surface area (Å²) in [5, 5.41) is 20.6. The second-order valence-corrected chi connectivity index (χ2v) is 7.49. The molecule has 3 aromatic rings. The van der Waals surface area contributed by atoms with Crippen molar-refractivity contribution in [3.05, 3.63) is 64.2 Å². The molecule has 138 valence electrons. The molecule has 1 aromatic heterocycles. The number of nitrogens with one attached hydrogen (secondary N) is 1. The summed E-state index contributed by atoms with van der Waals surface area (Å²) in [6.45, 7) is 0. The molecular weight excluding hydrogens is 376 g/mol. The SMILES string of the molecule is CS(=O)(=O)c1cccc(-c2nnc(NC(=O)c3cccc([N+](=O)[O-])c3)o2)c1. The van der Waals surface area contributed by atoms with E-state index in [-0.39, 0.29) is 28.1 Å². The van der Waals surface area contributed by atoms with Gasteiger partial charge >= 0.3 is 6.01 Å². The van der Waals surface area contributed by atoms with Crippen molar-refractivity contribution in [3.8, 4) is 11.5 Å². The van der Waals surface area contributed by atoms with Crippen LogP contribution in [0, 0.1) is 10.1 Å². The van der Waals surface area contributed by atoms with Gasteiger partial charge < -0.3 is 4.42 Å². The fraction of sp³-hybridized carbons (Fsp3) is 0.0625. The van der Waals surface area contributed by atoms with E-state index in [0.29, 0.717) is 5.56 Å². The molecular formula is C16H12N4O6S. The fourth-order valence-electron chi connectivity index (χ4n) is 2.18. The van der Waals surface area contributed by atoms with Crippen molar-refractivity contribution < 1.29 is 22.6 Å². The zero-order valence-corrected chi connectivity index (χ0v) is 14.6. The number of non-ortho nitro benzene ring substituents is 1. The van der Waals surface area contributed by atoms with Crippen LogP contribution in [0.25, 0.3) is 11.5 Å². The first-order chi connectivity index (χ1) is 12.7. The van der Waals surface area contributed by atoms with Crippen LogP contribution in [0.1, 0.15) is 10.4 Å². The molecule has 0 aliphatic carbocycles. The van der Waals surface area contributed by atoms with Crippen molar-refractivity contribution in [2.75, 3.05) is 11.6 Å². The number of hydrogen-bond donors (Lipinski definition) is 1. The molecule has 0 radical (unpaired) electrons. The minimum atomic E-state index is -3.41. The summed E-state index contributed by atoms with van der Waals surface area (Å²) in [5.41, 5.74) is 0.177. The average molecular weight is 388 g/mol. The van der Waals surface area contributed by atoms with Gasteiger partial charge in [0, 0.05) is 29.5 Å². The number of carbonyl (C=O) groups excluding carboxylic acids is 1. The highest BCUT2D eigenvalue weighted by Crippen LogP contribution is 2.23. The quantitative estimate of drug-likeness (QED) is 0.517. The van der Waals surface area contributed by atoms with Gasteiger partial charge in [0.2, 0.25) is 5.89 Å². The molecule has 0 atom stereocenters. The van der Waals surface area contributed by atoms with Gasteiger partial charge in [-0.1, -0.05) is 17.2 Å². The molecule has 0 aliphatic rings. The number of nitrogens with zero attached hydrogens (tertiary/aromatic N) is 3. The Morgan fingerprint density at radius 1 is 1.15 bits per heavy atom. The van der Waals surface area contributed by atoms with Crippen molar-refractivity contribution in [3.63, 3.8) is 0 Å². The molecule has 2 aromatic carbocycles. The molecule has 0 aliphatic heterocycles. The van der Waals surface area contributed by atoms with Gasteiger partial charge in [-0.15, -0.1) is 5.10 Å². The van der Waals surface area contributed by atoms with Gasteiger partial charge in [-0.05, 0) is 24.3 Å². The molecule has 1 N–H and O–H groups in total. The van der Waals surface area contributed by atoms with Crippen molar-refractivity contribution in [2.45, 2.75) is 4.90 Å². The lowest BCUT2D eigenvalue weighted by atomic mass is 10.2. The summed E-state index contributed by atoms with van der Waals surface area (Å²) in [4.78, 5) is 22.4. The largest absolute Gasteiger partial charge is 0.403 e. The highest BCUT2D eigenvalue weighted by molar-refractivity contribution is 7.90. The molecule has 0 fully saturated rings. The molecule has 1 heterocycles. The molecule has 10 nitrogen and oxygen atoms in total. The molecule has 1 amide bonds. The standard InChI is InChI=1S/C16H12N4O6S/c1-27(24,25)13-7-3-5-11(9-13)15-18-19-16(26-15)17-14(21)10-4-2-6-12(8-10)20(22)23/h2-9H,1H3,(H,17,19,21). The van der Waals surface area contributed by atoms with E-state index >= 15 is 0 Å². The van der Waals surface area contributed by atoms with Gasteiger partial charge in [0.25, 0.3) is 11.6 Å². The molecule has 0 unspecified atom stereocenters. The van der Waals surface area contributed by atoms with Crippen molar-refractivity contribution in [2.24, 2.45) is 0 Å². The van der Waals surface area contributed by atoms with Gasteiger partial charge in [0.1, 0.15) is 0 Å². The fourth-order valence-corrected chi connectivity index (χ4v) is 2.85. The van der Waals surface area contributed by atoms with Crippen LogP contribution in [0.4, 0.5) is 11.7 Å². The Bertz CT molecular complexity index is 1140. The third-order valence-electron chi connectivity index (χ3n) is 3.47. The van der Waals surface area contributed by atoms with E-state index in [0.717, 1.165) is 12.3 Å². The Kier molecular flexibility index (Phi) is 4.69. The van der Waals surface area contributed by atoms with Crippen LogP contribution in [0.15, 0.2) is 57.8 Å². The second-order valence-electron chi connectivity index (χ2n) is 5.47. The summed E-state index contributed by atoms with van der Waals surface area (Å²) in [5.74, 6) is -0.659. The number of nitro groups is 1. The van der Waals surface area contributed by atoms with Crippen LogP contribution in [0.3, 0.4) is 0 Å². The van der Waals surface area contributed by atoms with Gasteiger partial charge in [-0.2, -0.15) is 0 Å². The maximum Gasteiger partial charge on any atom is 0.322 e. The monoisotopic (exact) mass is 388 g/mol. The Hall–Kier alpha value is -3.60. The van der Waals surface area contributed by atoms with Gasteiger partial charge in [0.15, 0.2) is 9.84 Å². The van der Waals surface area contributed by atoms with E-state index in [4.69, 9.17) is 4.42 Å². The third-order valence-corrected chi connectivity index (χ3v) is 4.58. The summed E-state index contributed by atoms with van der Waals surface area (Å²) in [6.07, 6.45) is 1.07. The van der Waals surface area contributed by atoms with E-state index in [1.807, 2.05) is 0 Å². The number of anilines is 1. The van der Waals surface area contributed by atoms with Crippen LogP contribution in [0.5, 0.6) is 0 Å². The first kappa shape index (κ1) is 18.2. The normalized spacial score (nSPS) is 11.1. The Labute approximate surface area is 152 Å². The summed E-state index contributed by atoms with van der Waals surface area (Å²) >= 11 is 0. The van der Waals surface area contributed by atoms with E-state index in [1.165, 1.54) is 36.4 Å². The average Bonchev–Trinajstić information content (AvgIpc) is 3.09. The number of carbonyl (C=O) groups is 1. The molecule has 0 bridgehead atoms. The Morgan fingerprint density at radius 3 is 2.59 bits per heavy atom. The first-order valence-electron chi connectivity index (χ1n) is 7.44. The van der Waals surface area contributed by atoms with Gasteiger partial charge in [-0.25, -0.2) is 8.42 Å². The van der Waals surface area contributed by atoms with Crippen LogP contribution in [0.2, 0.25) is 0 Å². The predicted molar refractivity (Wildman–Crippen MR) is 93.9 cm³/mol. The molecule has 0 saturated heterocycles. The lowest BCUT2D eigenvalue weighted by Crippen LogP contribution is -2.12. The van der Waals surface area contributed by atoms with Crippen LogP contribution < -0.4 is 5.32 Å². The van der Waals surface area contributed by atoms with Gasteiger partial charge in [-0.3, -0.25) is 20.2 Å². The lowest BCUT2D eigenvalue weighted by molar-refractivity contribution is -0.384. The minimum absolute atomic E-state index is 0.00911. The molecule has 27 heavy (non-hydrogen) atoms. The summed E-state index contributed by atoms with van der Waals surface area (Å²) in [6, 6.07) is 10.8. The number of sulfone groups is 1. The van der Waals surface area contributed by atoms with E-state index in [9.17, 15) is 23.3 Å². The highest BCUT2D eigenvalue weighted by atomic mass is 32.2. The van der Waals surface area contributed by atoms with Crippen molar-refractivity contribution in [1.29, 1.82) is 0 Å². The molecule has 0 spiro atoms. The van der Waals surface area contributed by atoms with Crippen LogP contribution in [-0.2, 0) is 9.84 Å². The van der Waals surface area contributed by atoms with E-state index in [1.54, 1.807) is 6.07 Å².